The number of benzene rings is 1. The first-order valence-corrected chi connectivity index (χ1v) is 19.5. The van der Waals surface area contributed by atoms with Crippen molar-refractivity contribution in [3.05, 3.63) is 71.1 Å². The van der Waals surface area contributed by atoms with Crippen molar-refractivity contribution >= 4 is 41.2 Å². The summed E-state index contributed by atoms with van der Waals surface area (Å²) in [6, 6.07) is 10.4. The van der Waals surface area contributed by atoms with Gasteiger partial charge < -0.3 is 25.2 Å². The summed E-state index contributed by atoms with van der Waals surface area (Å²) in [5, 5.41) is 13.0. The molecule has 0 radical (unpaired) electrons. The van der Waals surface area contributed by atoms with Gasteiger partial charge >= 0.3 is 0 Å². The van der Waals surface area contributed by atoms with E-state index in [4.69, 9.17) is 4.74 Å². The number of aromatic amines is 1. The lowest BCUT2D eigenvalue weighted by molar-refractivity contribution is -0.144. The first-order valence-electron chi connectivity index (χ1n) is 18.7. The van der Waals surface area contributed by atoms with Gasteiger partial charge in [0.05, 0.1) is 28.4 Å². The predicted octanol–water partition coefficient (Wildman–Crippen LogP) is 5.18. The Morgan fingerprint density at radius 3 is 2.52 bits per heavy atom. The molecule has 14 heteroatoms. The number of hydrogen-bond acceptors (Lipinski definition) is 10. The molecule has 2 aliphatic rings. The van der Waals surface area contributed by atoms with Crippen molar-refractivity contribution < 1.29 is 23.9 Å². The Morgan fingerprint density at radius 2 is 1.85 bits per heavy atom. The summed E-state index contributed by atoms with van der Waals surface area (Å²) in [5.41, 5.74) is 6.48. The van der Waals surface area contributed by atoms with Crippen LogP contribution >= 0.6 is 11.3 Å². The van der Waals surface area contributed by atoms with Crippen molar-refractivity contribution in [3.8, 4) is 21.7 Å². The molecule has 0 aliphatic carbocycles. The fraction of sp³-hybridized carbons (Fsp3) is 0.475. The summed E-state index contributed by atoms with van der Waals surface area (Å²) in [5.74, 6) is 0.465. The van der Waals surface area contributed by atoms with Crippen LogP contribution in [-0.4, -0.2) is 94.0 Å². The molecule has 4 aromatic rings. The molecule has 54 heavy (non-hydrogen) atoms. The van der Waals surface area contributed by atoms with Crippen molar-refractivity contribution in [2.45, 2.75) is 78.4 Å². The van der Waals surface area contributed by atoms with E-state index in [2.05, 4.69) is 35.7 Å². The number of H-pyrrole nitrogens is 1. The van der Waals surface area contributed by atoms with Gasteiger partial charge in [0.25, 0.3) is 0 Å². The van der Waals surface area contributed by atoms with Crippen molar-refractivity contribution in [2.24, 2.45) is 11.3 Å². The highest BCUT2D eigenvalue weighted by molar-refractivity contribution is 7.13. The average molecular weight is 755 g/mol. The Kier molecular flexibility index (Phi) is 12.5. The fourth-order valence-electron chi connectivity index (χ4n) is 7.13. The molecule has 2 unspecified atom stereocenters. The number of amides is 3. The molecule has 2 aliphatic heterocycles. The summed E-state index contributed by atoms with van der Waals surface area (Å²) in [4.78, 5) is 65.8. The number of likely N-dealkylation sites (tertiary alicyclic amines) is 1. The number of ether oxygens (including phenoxy) is 1. The highest BCUT2D eigenvalue weighted by Crippen LogP contribution is 2.32. The molecule has 0 spiro atoms. The zero-order valence-corrected chi connectivity index (χ0v) is 32.3. The number of nitrogens with zero attached hydrogens (tertiary/aromatic N) is 5. The van der Waals surface area contributed by atoms with Crippen LogP contribution in [0.5, 0.6) is 0 Å². The predicted molar refractivity (Wildman–Crippen MR) is 208 cm³/mol. The van der Waals surface area contributed by atoms with Gasteiger partial charge in [-0.15, -0.1) is 11.3 Å². The minimum Gasteiger partial charge on any atom is -0.381 e. The Balaban J connectivity index is 0.948. The van der Waals surface area contributed by atoms with Crippen LogP contribution in [-0.2, 0) is 25.7 Å². The molecule has 5 heterocycles. The van der Waals surface area contributed by atoms with E-state index in [0.717, 1.165) is 77.4 Å². The lowest BCUT2D eigenvalue weighted by atomic mass is 9.85. The monoisotopic (exact) mass is 754 g/mol. The average Bonchev–Trinajstić information content (AvgIpc) is 3.97. The molecular formula is C40H50N8O5S. The number of piperidine rings is 1. The number of anilines is 1. The van der Waals surface area contributed by atoms with Crippen LogP contribution in [0, 0.1) is 18.3 Å². The van der Waals surface area contributed by atoms with Gasteiger partial charge in [0.1, 0.15) is 17.9 Å². The van der Waals surface area contributed by atoms with Crippen LogP contribution < -0.4 is 15.5 Å². The maximum absolute atomic E-state index is 13.9. The third-order valence-corrected chi connectivity index (χ3v) is 11.2. The molecule has 3 amide bonds. The number of aldehydes is 1. The summed E-state index contributed by atoms with van der Waals surface area (Å²) in [6.45, 7) is 10.9. The van der Waals surface area contributed by atoms with Crippen molar-refractivity contribution in [1.29, 1.82) is 0 Å². The number of hydrogen-bond donors (Lipinski definition) is 3. The van der Waals surface area contributed by atoms with Gasteiger partial charge in [-0.2, -0.15) is 5.10 Å². The standard InChI is InChI=1S/C40H50N8O5S/c1-26-35(54-25-43-26)30-9-7-27(8-10-30)21-42-38(51)33-6-5-16-48(33)39(52)36(40(2,3)4)45-34(50)14-19-53-24-28-12-17-47(18-13-28)37-31(32-11-15-44-46-32)20-29(23-49)22-41-37/h7-11,15,20,22-23,25,28,33,36H,5-6,12-14,16-19,21,24H2,1-4H3,(H,42,51)(H,44,46)(H,45,50). The Bertz CT molecular complexity index is 1900. The summed E-state index contributed by atoms with van der Waals surface area (Å²) in [6.07, 6.45) is 7.29. The van der Waals surface area contributed by atoms with Crippen LogP contribution in [0.15, 0.2) is 54.3 Å². The Labute approximate surface area is 320 Å². The van der Waals surface area contributed by atoms with Crippen molar-refractivity contribution in [1.82, 2.24) is 35.7 Å². The lowest BCUT2D eigenvalue weighted by Gasteiger charge is -2.35. The smallest absolute Gasteiger partial charge is 0.246 e. The Morgan fingerprint density at radius 1 is 1.07 bits per heavy atom. The highest BCUT2D eigenvalue weighted by atomic mass is 32.1. The summed E-state index contributed by atoms with van der Waals surface area (Å²) < 4.78 is 5.97. The van der Waals surface area contributed by atoms with Crippen molar-refractivity contribution in [2.75, 3.05) is 37.7 Å². The first-order chi connectivity index (χ1) is 26.0. The molecule has 0 bridgehead atoms. The van der Waals surface area contributed by atoms with E-state index in [9.17, 15) is 19.2 Å². The van der Waals surface area contributed by atoms with Gasteiger partial charge in [0.15, 0.2) is 6.29 Å². The van der Waals surface area contributed by atoms with Gasteiger partial charge in [0.2, 0.25) is 17.7 Å². The normalized spacial score (nSPS) is 17.0. The second-order valence-corrected chi connectivity index (χ2v) is 16.1. The minimum atomic E-state index is -0.786. The molecule has 2 fully saturated rings. The number of thiazole rings is 1. The van der Waals surface area contributed by atoms with Gasteiger partial charge in [-0.25, -0.2) is 9.97 Å². The number of carbonyl (C=O) groups excluding carboxylic acids is 4. The van der Waals surface area contributed by atoms with Gasteiger partial charge in [-0.1, -0.05) is 45.0 Å². The second kappa shape index (κ2) is 17.5. The van der Waals surface area contributed by atoms with E-state index < -0.39 is 17.5 Å². The number of rotatable bonds is 14. The number of nitrogens with one attached hydrogen (secondary N) is 3. The minimum absolute atomic E-state index is 0.129. The van der Waals surface area contributed by atoms with Gasteiger partial charge in [-0.3, -0.25) is 24.3 Å². The third-order valence-electron chi connectivity index (χ3n) is 10.2. The summed E-state index contributed by atoms with van der Waals surface area (Å²) >= 11 is 1.60. The molecule has 286 valence electrons. The SMILES string of the molecule is Cc1ncsc1-c1ccc(CNC(=O)C2CCCN2C(=O)C(NC(=O)CCOCC2CCN(c3ncc(C=O)cc3-c3ccn[nH]3)CC2)C(C)(C)C)cc1. The molecule has 3 aromatic heterocycles. The van der Waals surface area contributed by atoms with Crippen LogP contribution in [0.4, 0.5) is 5.82 Å². The number of aryl methyl sites for hydroxylation is 1. The van der Waals surface area contributed by atoms with E-state index in [-0.39, 0.29) is 30.7 Å². The Hall–Kier alpha value is -4.95. The topological polar surface area (TPSA) is 163 Å². The van der Waals surface area contributed by atoms with Crippen LogP contribution in [0.1, 0.15) is 74.5 Å². The molecule has 3 N–H and O–H groups in total. The van der Waals surface area contributed by atoms with Crippen LogP contribution in [0.2, 0.25) is 0 Å². The molecule has 0 saturated carbocycles. The van der Waals surface area contributed by atoms with E-state index in [1.807, 2.05) is 69.6 Å². The fourth-order valence-corrected chi connectivity index (χ4v) is 7.94. The van der Waals surface area contributed by atoms with E-state index >= 15 is 0 Å². The first kappa shape index (κ1) is 38.8. The zero-order valence-electron chi connectivity index (χ0n) is 31.5. The number of carbonyl (C=O) groups is 4. The quantitative estimate of drug-likeness (QED) is 0.116. The van der Waals surface area contributed by atoms with Gasteiger partial charge in [0, 0.05) is 62.7 Å². The molecule has 2 atom stereocenters. The maximum Gasteiger partial charge on any atom is 0.246 e. The van der Waals surface area contributed by atoms with E-state index in [1.54, 1.807) is 28.6 Å². The molecule has 2 saturated heterocycles. The number of aromatic nitrogens is 4. The number of pyridine rings is 1. The largest absolute Gasteiger partial charge is 0.381 e. The van der Waals surface area contributed by atoms with Crippen molar-refractivity contribution in [3.63, 3.8) is 0 Å². The van der Waals surface area contributed by atoms with Crippen LogP contribution in [0.25, 0.3) is 21.7 Å². The molecule has 6 rings (SSSR count). The molecule has 13 nitrogen and oxygen atoms in total. The third kappa shape index (κ3) is 9.40. The van der Waals surface area contributed by atoms with E-state index in [1.165, 1.54) is 0 Å². The highest BCUT2D eigenvalue weighted by Gasteiger charge is 2.41. The lowest BCUT2D eigenvalue weighted by Crippen LogP contribution is -2.57. The second-order valence-electron chi connectivity index (χ2n) is 15.2. The maximum atomic E-state index is 13.9. The molecular weight excluding hydrogens is 705 g/mol. The zero-order chi connectivity index (χ0) is 38.2. The van der Waals surface area contributed by atoms with E-state index in [0.29, 0.717) is 37.6 Å². The molecule has 1 aromatic carbocycles. The summed E-state index contributed by atoms with van der Waals surface area (Å²) in [7, 11) is 0. The van der Waals surface area contributed by atoms with Crippen LogP contribution in [0.3, 0.4) is 0 Å². The van der Waals surface area contributed by atoms with Gasteiger partial charge in [-0.05, 0) is 67.2 Å².